The number of methoxy groups -OCH3 is 1. The van der Waals surface area contributed by atoms with Crippen LogP contribution in [0.4, 0.5) is 0 Å². The second kappa shape index (κ2) is 6.57. The van der Waals surface area contributed by atoms with Crippen molar-refractivity contribution in [3.05, 3.63) is 17.4 Å². The van der Waals surface area contributed by atoms with Gasteiger partial charge in [0.05, 0.1) is 7.11 Å². The third-order valence-electron chi connectivity index (χ3n) is 2.95. The minimum absolute atomic E-state index is 0. The zero-order chi connectivity index (χ0) is 14.0. The fourth-order valence-electron chi connectivity index (χ4n) is 1.93. The van der Waals surface area contributed by atoms with Crippen LogP contribution in [-0.2, 0) is 14.8 Å². The second-order valence-electron chi connectivity index (χ2n) is 4.34. The van der Waals surface area contributed by atoms with E-state index in [9.17, 15) is 13.2 Å². The highest BCUT2D eigenvalue weighted by Gasteiger charge is 2.27. The van der Waals surface area contributed by atoms with Crippen LogP contribution in [0, 0.1) is 6.92 Å². The van der Waals surface area contributed by atoms with Gasteiger partial charge in [0.1, 0.15) is 11.3 Å². The fourth-order valence-corrected chi connectivity index (χ4v) is 3.20. The first-order valence-electron chi connectivity index (χ1n) is 5.86. The van der Waals surface area contributed by atoms with E-state index in [0.717, 1.165) is 13.0 Å². The Labute approximate surface area is 123 Å². The van der Waals surface area contributed by atoms with Gasteiger partial charge in [-0.05, 0) is 19.9 Å². The van der Waals surface area contributed by atoms with Crippen molar-refractivity contribution in [2.75, 3.05) is 20.2 Å². The maximum atomic E-state index is 12.1. The van der Waals surface area contributed by atoms with Crippen LogP contribution in [0.3, 0.4) is 0 Å². The maximum Gasteiger partial charge on any atom is 0.341 e. The molecule has 0 amide bonds. The average molecular weight is 325 g/mol. The van der Waals surface area contributed by atoms with E-state index >= 15 is 0 Å². The molecule has 0 bridgehead atoms. The molecule has 0 saturated carbocycles. The van der Waals surface area contributed by atoms with Crippen molar-refractivity contribution in [1.29, 1.82) is 0 Å². The topological polar surface area (TPSA) is 97.6 Å². The summed E-state index contributed by atoms with van der Waals surface area (Å²) in [5.41, 5.74) is 0.118. The summed E-state index contributed by atoms with van der Waals surface area (Å²) in [6.07, 6.45) is 0.725. The van der Waals surface area contributed by atoms with Crippen LogP contribution >= 0.6 is 12.4 Å². The molecule has 1 unspecified atom stereocenters. The number of halogens is 1. The van der Waals surface area contributed by atoms with Gasteiger partial charge in [0.15, 0.2) is 0 Å². The average Bonchev–Trinajstić information content (AvgIpc) is 2.97. The highest BCUT2D eigenvalue weighted by Crippen LogP contribution is 2.20. The number of hydrogen-bond donors (Lipinski definition) is 2. The van der Waals surface area contributed by atoms with Gasteiger partial charge in [0.25, 0.3) is 10.0 Å². The summed E-state index contributed by atoms with van der Waals surface area (Å²) in [6.45, 7) is 2.88. The van der Waals surface area contributed by atoms with Crippen LogP contribution in [0.15, 0.2) is 15.6 Å². The molecule has 20 heavy (non-hydrogen) atoms. The van der Waals surface area contributed by atoms with Crippen molar-refractivity contribution in [3.8, 4) is 0 Å². The molecule has 1 aromatic heterocycles. The van der Waals surface area contributed by atoms with Crippen molar-refractivity contribution in [3.63, 3.8) is 0 Å². The number of ether oxygens (including phenoxy) is 1. The summed E-state index contributed by atoms with van der Waals surface area (Å²) in [7, 11) is -2.52. The smallest absolute Gasteiger partial charge is 0.341 e. The lowest BCUT2D eigenvalue weighted by molar-refractivity contribution is 0.0599. The van der Waals surface area contributed by atoms with Crippen molar-refractivity contribution in [2.45, 2.75) is 24.5 Å². The molecule has 1 aromatic rings. The van der Waals surface area contributed by atoms with E-state index in [0.29, 0.717) is 6.54 Å². The zero-order valence-corrected chi connectivity index (χ0v) is 12.8. The molecule has 0 spiro atoms. The number of nitrogens with one attached hydrogen (secondary N) is 2. The molecule has 1 aliphatic rings. The van der Waals surface area contributed by atoms with Crippen LogP contribution in [0.25, 0.3) is 0 Å². The summed E-state index contributed by atoms with van der Waals surface area (Å²) < 4.78 is 36.4. The quantitative estimate of drug-likeness (QED) is 0.780. The molecule has 0 radical (unpaired) electrons. The number of carbonyl (C=O) groups is 1. The van der Waals surface area contributed by atoms with Crippen LogP contribution in [0.1, 0.15) is 22.5 Å². The summed E-state index contributed by atoms with van der Waals surface area (Å²) in [5, 5.41) is 2.79. The lowest BCUT2D eigenvalue weighted by Gasteiger charge is -2.09. The molecule has 1 saturated heterocycles. The predicted octanol–water partition coefficient (Wildman–Crippen LogP) is 0.437. The zero-order valence-electron chi connectivity index (χ0n) is 11.1. The van der Waals surface area contributed by atoms with Gasteiger partial charge in [-0.2, -0.15) is 0 Å². The molecule has 7 nitrogen and oxygen atoms in total. The van der Waals surface area contributed by atoms with Crippen molar-refractivity contribution < 1.29 is 22.4 Å². The van der Waals surface area contributed by atoms with Gasteiger partial charge in [0.2, 0.25) is 5.09 Å². The largest absolute Gasteiger partial charge is 0.465 e. The van der Waals surface area contributed by atoms with Gasteiger partial charge < -0.3 is 14.5 Å². The Bertz CT molecular complexity index is 578. The van der Waals surface area contributed by atoms with E-state index in [-0.39, 0.29) is 34.9 Å². The Morgan fingerprint density at radius 2 is 2.25 bits per heavy atom. The van der Waals surface area contributed by atoms with E-state index < -0.39 is 16.0 Å². The van der Waals surface area contributed by atoms with Gasteiger partial charge in [-0.25, -0.2) is 17.9 Å². The van der Waals surface area contributed by atoms with E-state index in [4.69, 9.17) is 4.42 Å². The third kappa shape index (κ3) is 3.51. The number of rotatable bonds is 4. The molecule has 0 aliphatic carbocycles. The predicted molar refractivity (Wildman–Crippen MR) is 73.6 cm³/mol. The Kier molecular flexibility index (Phi) is 5.58. The number of furan rings is 1. The standard InChI is InChI=1S/C11H16N2O5S.ClH/c1-7-9(11(14)17-2)5-10(18-7)19(15,16)13-8-3-4-12-6-8;/h5,8,12-13H,3-4,6H2,1-2H3;1H. The second-order valence-corrected chi connectivity index (χ2v) is 5.98. The molecule has 2 heterocycles. The Hall–Kier alpha value is -1.09. The van der Waals surface area contributed by atoms with Crippen molar-refractivity contribution in [2.24, 2.45) is 0 Å². The van der Waals surface area contributed by atoms with Gasteiger partial charge in [-0.1, -0.05) is 0 Å². The summed E-state index contributed by atoms with van der Waals surface area (Å²) in [4.78, 5) is 11.4. The molecule has 2 N–H and O–H groups in total. The van der Waals surface area contributed by atoms with Crippen molar-refractivity contribution in [1.82, 2.24) is 10.0 Å². The number of sulfonamides is 1. The highest BCUT2D eigenvalue weighted by molar-refractivity contribution is 7.89. The van der Waals surface area contributed by atoms with Crippen LogP contribution < -0.4 is 10.0 Å². The van der Waals surface area contributed by atoms with Gasteiger partial charge in [-0.15, -0.1) is 12.4 Å². The van der Waals surface area contributed by atoms with Gasteiger partial charge in [-0.3, -0.25) is 0 Å². The first-order valence-corrected chi connectivity index (χ1v) is 7.34. The summed E-state index contributed by atoms with van der Waals surface area (Å²) in [6, 6.07) is 1.03. The monoisotopic (exact) mass is 324 g/mol. The Morgan fingerprint density at radius 3 is 2.80 bits per heavy atom. The SMILES string of the molecule is COC(=O)c1cc(S(=O)(=O)NC2CCNC2)oc1C.Cl. The van der Waals surface area contributed by atoms with E-state index in [1.807, 2.05) is 0 Å². The number of carbonyl (C=O) groups excluding carboxylic acids is 1. The molecule has 114 valence electrons. The molecular weight excluding hydrogens is 308 g/mol. The molecule has 1 fully saturated rings. The van der Waals surface area contributed by atoms with E-state index in [1.54, 1.807) is 0 Å². The Balaban J connectivity index is 0.00000200. The number of hydrogen-bond acceptors (Lipinski definition) is 6. The molecular formula is C11H17ClN2O5S. The molecule has 9 heteroatoms. The number of aryl methyl sites for hydroxylation is 1. The summed E-state index contributed by atoms with van der Waals surface area (Å²) in [5.74, 6) is -0.401. The van der Waals surface area contributed by atoms with Crippen LogP contribution in [0.2, 0.25) is 0 Å². The molecule has 0 aromatic carbocycles. The normalized spacial score (nSPS) is 18.6. The van der Waals surface area contributed by atoms with Gasteiger partial charge in [0, 0.05) is 18.7 Å². The lowest BCUT2D eigenvalue weighted by atomic mass is 10.3. The minimum Gasteiger partial charge on any atom is -0.465 e. The fraction of sp³-hybridized carbons (Fsp3) is 0.545. The number of esters is 1. The van der Waals surface area contributed by atoms with E-state index in [2.05, 4.69) is 14.8 Å². The lowest BCUT2D eigenvalue weighted by Crippen LogP contribution is -2.36. The minimum atomic E-state index is -3.75. The summed E-state index contributed by atoms with van der Waals surface area (Å²) >= 11 is 0. The maximum absolute atomic E-state index is 12.1. The van der Waals surface area contributed by atoms with Crippen LogP contribution in [0.5, 0.6) is 0 Å². The molecule has 2 rings (SSSR count). The Morgan fingerprint density at radius 1 is 1.55 bits per heavy atom. The van der Waals surface area contributed by atoms with Crippen LogP contribution in [-0.4, -0.2) is 40.6 Å². The first-order chi connectivity index (χ1) is 8.94. The van der Waals surface area contributed by atoms with E-state index in [1.165, 1.54) is 20.1 Å². The van der Waals surface area contributed by atoms with Crippen molar-refractivity contribution >= 4 is 28.4 Å². The third-order valence-corrected chi connectivity index (χ3v) is 4.32. The first kappa shape index (κ1) is 17.0. The molecule has 1 aliphatic heterocycles. The molecule has 1 atom stereocenters. The van der Waals surface area contributed by atoms with Gasteiger partial charge >= 0.3 is 5.97 Å². The highest BCUT2D eigenvalue weighted by atomic mass is 35.5.